The summed E-state index contributed by atoms with van der Waals surface area (Å²) >= 11 is 0. The molecule has 1 aromatic rings. The molecule has 6 nitrogen and oxygen atoms in total. The van der Waals surface area contributed by atoms with E-state index in [4.69, 9.17) is 5.73 Å². The van der Waals surface area contributed by atoms with Gasteiger partial charge in [-0.2, -0.15) is 0 Å². The lowest BCUT2D eigenvalue weighted by atomic mass is 9.91. The maximum absolute atomic E-state index is 13.1. The monoisotopic (exact) mass is 330 g/mol. The molecule has 130 valence electrons. The predicted molar refractivity (Wildman–Crippen MR) is 90.9 cm³/mol. The Kier molecular flexibility index (Phi) is 5.45. The highest BCUT2D eigenvalue weighted by Gasteiger charge is 2.34. The van der Waals surface area contributed by atoms with Gasteiger partial charge in [-0.25, -0.2) is 0 Å². The predicted octanol–water partition coefficient (Wildman–Crippen LogP) is 1.33. The molecule has 2 N–H and O–H groups in total. The number of primary amides is 1. The van der Waals surface area contributed by atoms with Crippen molar-refractivity contribution < 1.29 is 9.59 Å². The van der Waals surface area contributed by atoms with E-state index in [1.54, 1.807) is 6.20 Å². The average molecular weight is 330 g/mol. The smallest absolute Gasteiger partial charge is 0.231 e. The number of rotatable bonds is 4. The minimum absolute atomic E-state index is 0.0541. The highest BCUT2D eigenvalue weighted by Crippen LogP contribution is 2.32. The molecule has 1 atom stereocenters. The van der Waals surface area contributed by atoms with Gasteiger partial charge in [0.1, 0.15) is 0 Å². The van der Waals surface area contributed by atoms with Crippen molar-refractivity contribution >= 4 is 11.8 Å². The minimum atomic E-state index is -0.300. The number of piperidine rings is 2. The summed E-state index contributed by atoms with van der Waals surface area (Å²) in [6, 6.07) is 6.02. The molecule has 1 aromatic heterocycles. The first-order valence-electron chi connectivity index (χ1n) is 8.87. The zero-order valence-electron chi connectivity index (χ0n) is 14.1. The molecular formula is C18H26N4O2. The van der Waals surface area contributed by atoms with Gasteiger partial charge in [0.15, 0.2) is 0 Å². The molecule has 2 amide bonds. The fourth-order valence-electron chi connectivity index (χ4n) is 3.87. The zero-order chi connectivity index (χ0) is 16.9. The highest BCUT2D eigenvalue weighted by molar-refractivity contribution is 5.79. The summed E-state index contributed by atoms with van der Waals surface area (Å²) in [4.78, 5) is 32.6. The summed E-state index contributed by atoms with van der Waals surface area (Å²) in [7, 11) is 0. The van der Waals surface area contributed by atoms with Gasteiger partial charge >= 0.3 is 0 Å². The third-order valence-electron chi connectivity index (χ3n) is 5.13. The zero-order valence-corrected chi connectivity index (χ0v) is 14.1. The van der Waals surface area contributed by atoms with Crippen molar-refractivity contribution in [3.63, 3.8) is 0 Å². The van der Waals surface area contributed by atoms with Crippen LogP contribution in [0.2, 0.25) is 0 Å². The van der Waals surface area contributed by atoms with Crippen LogP contribution in [0.3, 0.4) is 0 Å². The Bertz CT molecular complexity index is 570. The van der Waals surface area contributed by atoms with Crippen molar-refractivity contribution in [2.75, 3.05) is 26.2 Å². The first-order valence-corrected chi connectivity index (χ1v) is 8.87. The number of aromatic nitrogens is 1. The van der Waals surface area contributed by atoms with Crippen LogP contribution in [-0.4, -0.2) is 52.8 Å². The second kappa shape index (κ2) is 7.75. The van der Waals surface area contributed by atoms with Crippen LogP contribution in [0.25, 0.3) is 0 Å². The highest BCUT2D eigenvalue weighted by atomic mass is 16.2. The number of amides is 2. The molecule has 0 aliphatic carbocycles. The van der Waals surface area contributed by atoms with E-state index in [0.717, 1.165) is 57.4 Å². The Morgan fingerprint density at radius 1 is 1.12 bits per heavy atom. The van der Waals surface area contributed by atoms with E-state index in [9.17, 15) is 9.59 Å². The molecule has 0 radical (unpaired) electrons. The lowest BCUT2D eigenvalue weighted by molar-refractivity contribution is -0.141. The van der Waals surface area contributed by atoms with Gasteiger partial charge in [0.05, 0.1) is 18.3 Å². The number of pyridine rings is 1. The lowest BCUT2D eigenvalue weighted by Gasteiger charge is -2.39. The average Bonchev–Trinajstić information content (AvgIpc) is 2.62. The minimum Gasteiger partial charge on any atom is -0.369 e. The fraction of sp³-hybridized carbons (Fsp3) is 0.611. The fourth-order valence-corrected chi connectivity index (χ4v) is 3.87. The number of likely N-dealkylation sites (tertiary alicyclic amines) is 2. The number of carbonyl (C=O) groups excluding carboxylic acids is 2. The quantitative estimate of drug-likeness (QED) is 0.903. The maximum atomic E-state index is 13.1. The van der Waals surface area contributed by atoms with E-state index in [1.807, 2.05) is 28.0 Å². The number of nitrogens with two attached hydrogens (primary N) is 1. The van der Waals surface area contributed by atoms with Gasteiger partial charge in [-0.1, -0.05) is 6.07 Å². The summed E-state index contributed by atoms with van der Waals surface area (Å²) in [6.45, 7) is 2.64. The molecule has 0 saturated carbocycles. The Morgan fingerprint density at radius 3 is 2.58 bits per heavy atom. The Labute approximate surface area is 143 Å². The molecule has 0 bridgehead atoms. The lowest BCUT2D eigenvalue weighted by Crippen LogP contribution is -2.47. The van der Waals surface area contributed by atoms with Gasteiger partial charge in [-0.15, -0.1) is 0 Å². The van der Waals surface area contributed by atoms with E-state index in [1.165, 1.54) is 0 Å². The SMILES string of the molecule is NC(=O)CN1CCC(C(=O)N2CCCC[C@H]2c2ccccn2)CC1. The number of hydrogen-bond acceptors (Lipinski definition) is 4. The molecule has 6 heteroatoms. The van der Waals surface area contributed by atoms with Gasteiger partial charge < -0.3 is 10.6 Å². The topological polar surface area (TPSA) is 79.5 Å². The van der Waals surface area contributed by atoms with Crippen molar-refractivity contribution in [1.29, 1.82) is 0 Å². The molecule has 0 unspecified atom stereocenters. The molecule has 24 heavy (non-hydrogen) atoms. The maximum Gasteiger partial charge on any atom is 0.231 e. The second-order valence-corrected chi connectivity index (χ2v) is 6.81. The molecule has 2 saturated heterocycles. The van der Waals surface area contributed by atoms with E-state index in [0.29, 0.717) is 6.54 Å². The molecule has 2 fully saturated rings. The summed E-state index contributed by atoms with van der Waals surface area (Å²) in [5.74, 6) is 0.00791. The Balaban J connectivity index is 1.64. The second-order valence-electron chi connectivity index (χ2n) is 6.81. The molecule has 3 heterocycles. The van der Waals surface area contributed by atoms with Gasteiger partial charge in [-0.3, -0.25) is 19.5 Å². The van der Waals surface area contributed by atoms with Gasteiger partial charge in [0.2, 0.25) is 11.8 Å². The van der Waals surface area contributed by atoms with Crippen LogP contribution in [0.4, 0.5) is 0 Å². The van der Waals surface area contributed by atoms with Crippen molar-refractivity contribution in [2.45, 2.75) is 38.1 Å². The molecular weight excluding hydrogens is 304 g/mol. The molecule has 0 aromatic carbocycles. The first-order chi connectivity index (χ1) is 11.6. The largest absolute Gasteiger partial charge is 0.369 e. The van der Waals surface area contributed by atoms with E-state index < -0.39 is 0 Å². The van der Waals surface area contributed by atoms with Crippen molar-refractivity contribution in [3.8, 4) is 0 Å². The first kappa shape index (κ1) is 16.9. The number of carbonyl (C=O) groups is 2. The standard InChI is InChI=1S/C18H26N4O2/c19-17(23)13-21-11-7-14(8-12-21)18(24)22-10-4-2-6-16(22)15-5-1-3-9-20-15/h1,3,5,9,14,16H,2,4,6-8,10-13H2,(H2,19,23)/t16-/m0/s1. The molecule has 0 spiro atoms. The van der Waals surface area contributed by atoms with E-state index in [-0.39, 0.29) is 23.8 Å². The van der Waals surface area contributed by atoms with Crippen molar-refractivity contribution in [2.24, 2.45) is 11.7 Å². The Hall–Kier alpha value is -1.95. The number of nitrogens with zero attached hydrogens (tertiary/aromatic N) is 3. The van der Waals surface area contributed by atoms with Crippen LogP contribution in [0.1, 0.15) is 43.8 Å². The molecule has 2 aliphatic rings. The van der Waals surface area contributed by atoms with Crippen molar-refractivity contribution in [1.82, 2.24) is 14.8 Å². The summed E-state index contributed by atoms with van der Waals surface area (Å²) in [6.07, 6.45) is 6.60. The molecule has 3 rings (SSSR count). The van der Waals surface area contributed by atoms with Crippen molar-refractivity contribution in [3.05, 3.63) is 30.1 Å². The summed E-state index contributed by atoms with van der Waals surface area (Å²) in [5, 5.41) is 0. The van der Waals surface area contributed by atoms with Crippen LogP contribution in [0, 0.1) is 5.92 Å². The third kappa shape index (κ3) is 3.93. The van der Waals surface area contributed by atoms with Gasteiger partial charge in [-0.05, 0) is 57.3 Å². The Morgan fingerprint density at radius 2 is 1.92 bits per heavy atom. The van der Waals surface area contributed by atoms with Crippen LogP contribution >= 0.6 is 0 Å². The van der Waals surface area contributed by atoms with E-state index in [2.05, 4.69) is 4.98 Å². The third-order valence-corrected chi connectivity index (χ3v) is 5.13. The summed E-state index contributed by atoms with van der Waals surface area (Å²) in [5.41, 5.74) is 6.25. The summed E-state index contributed by atoms with van der Waals surface area (Å²) < 4.78 is 0. The van der Waals surface area contributed by atoms with Gasteiger partial charge in [0, 0.05) is 18.7 Å². The molecule has 2 aliphatic heterocycles. The normalized spacial score (nSPS) is 23.2. The number of hydrogen-bond donors (Lipinski definition) is 1. The van der Waals surface area contributed by atoms with Crippen LogP contribution in [-0.2, 0) is 9.59 Å². The van der Waals surface area contributed by atoms with Gasteiger partial charge in [0.25, 0.3) is 0 Å². The van der Waals surface area contributed by atoms with Crippen LogP contribution in [0.5, 0.6) is 0 Å². The van der Waals surface area contributed by atoms with Crippen LogP contribution < -0.4 is 5.73 Å². The van der Waals surface area contributed by atoms with E-state index >= 15 is 0 Å². The van der Waals surface area contributed by atoms with Crippen LogP contribution in [0.15, 0.2) is 24.4 Å².